The predicted octanol–water partition coefficient (Wildman–Crippen LogP) is 1.09. The fraction of sp³-hybridized carbons (Fsp3) is 0.467. The van der Waals surface area contributed by atoms with E-state index in [1.54, 1.807) is 29.2 Å². The smallest absolute Gasteiger partial charge is 0.335 e. The van der Waals surface area contributed by atoms with E-state index in [2.05, 4.69) is 5.32 Å². The molecule has 0 bridgehead atoms. The van der Waals surface area contributed by atoms with Crippen LogP contribution in [0.4, 0.5) is 4.79 Å². The number of rotatable bonds is 4. The van der Waals surface area contributed by atoms with Crippen LogP contribution in [0.25, 0.3) is 0 Å². The van der Waals surface area contributed by atoms with E-state index in [0.29, 0.717) is 31.6 Å². The lowest BCUT2D eigenvalue weighted by Gasteiger charge is -2.30. The third-order valence-corrected chi connectivity index (χ3v) is 3.60. The first-order valence-corrected chi connectivity index (χ1v) is 7.10. The van der Waals surface area contributed by atoms with Crippen LogP contribution in [0.3, 0.4) is 0 Å². The Bertz CT molecular complexity index is 518. The quantitative estimate of drug-likeness (QED) is 0.775. The van der Waals surface area contributed by atoms with Gasteiger partial charge in [0.25, 0.3) is 0 Å². The van der Waals surface area contributed by atoms with Crippen molar-refractivity contribution in [3.05, 3.63) is 35.4 Å². The van der Waals surface area contributed by atoms with Gasteiger partial charge in [0.05, 0.1) is 11.7 Å². The number of carbonyl (C=O) groups excluding carboxylic acids is 1. The number of hydrogen-bond acceptors (Lipinski definition) is 3. The second-order valence-electron chi connectivity index (χ2n) is 5.19. The average molecular weight is 292 g/mol. The molecule has 0 saturated carbocycles. The number of aliphatic hydroxyl groups excluding tert-OH is 1. The summed E-state index contributed by atoms with van der Waals surface area (Å²) >= 11 is 0. The van der Waals surface area contributed by atoms with Crippen LogP contribution in [0.5, 0.6) is 0 Å². The third-order valence-electron chi connectivity index (χ3n) is 3.60. The van der Waals surface area contributed by atoms with Gasteiger partial charge in [0.15, 0.2) is 0 Å². The van der Waals surface area contributed by atoms with Gasteiger partial charge in [0.2, 0.25) is 0 Å². The Labute approximate surface area is 123 Å². The standard InChI is InChI=1S/C15H20N2O4/c18-12-5-3-9-17(10-12)15(21)16-8-7-11-4-1-2-6-13(11)14(19)20/h1-2,4,6,12,18H,3,5,7-10H2,(H,16,21)(H,19,20). The number of nitrogens with one attached hydrogen (secondary N) is 1. The van der Waals surface area contributed by atoms with Gasteiger partial charge in [-0.15, -0.1) is 0 Å². The van der Waals surface area contributed by atoms with Gasteiger partial charge in [0, 0.05) is 19.6 Å². The predicted molar refractivity (Wildman–Crippen MR) is 77.3 cm³/mol. The topological polar surface area (TPSA) is 89.9 Å². The van der Waals surface area contributed by atoms with Crippen LogP contribution in [0, 0.1) is 0 Å². The molecule has 2 amide bonds. The number of carbonyl (C=O) groups is 2. The van der Waals surface area contributed by atoms with E-state index in [9.17, 15) is 14.7 Å². The number of aliphatic hydroxyl groups is 1. The van der Waals surface area contributed by atoms with E-state index < -0.39 is 12.1 Å². The van der Waals surface area contributed by atoms with Crippen molar-refractivity contribution in [2.24, 2.45) is 0 Å². The zero-order chi connectivity index (χ0) is 15.2. The fourth-order valence-electron chi connectivity index (χ4n) is 2.50. The minimum absolute atomic E-state index is 0.207. The summed E-state index contributed by atoms with van der Waals surface area (Å²) in [5.74, 6) is -0.962. The Kier molecular flexibility index (Phi) is 5.16. The Morgan fingerprint density at radius 2 is 2.10 bits per heavy atom. The summed E-state index contributed by atoms with van der Waals surface area (Å²) in [6.45, 7) is 1.38. The lowest BCUT2D eigenvalue weighted by Crippen LogP contribution is -2.47. The lowest BCUT2D eigenvalue weighted by molar-refractivity contribution is 0.0695. The third kappa shape index (κ3) is 4.19. The zero-order valence-electron chi connectivity index (χ0n) is 11.8. The van der Waals surface area contributed by atoms with Crippen LogP contribution < -0.4 is 5.32 Å². The molecule has 114 valence electrons. The number of amides is 2. The molecule has 3 N–H and O–H groups in total. The average Bonchev–Trinajstić information content (AvgIpc) is 2.47. The van der Waals surface area contributed by atoms with Crippen molar-refractivity contribution < 1.29 is 19.8 Å². The van der Waals surface area contributed by atoms with Gasteiger partial charge < -0.3 is 20.4 Å². The number of piperidine rings is 1. The molecule has 2 rings (SSSR count). The normalized spacial score (nSPS) is 18.3. The molecule has 1 aromatic rings. The molecule has 1 aliphatic rings. The van der Waals surface area contributed by atoms with E-state index in [1.165, 1.54) is 0 Å². The minimum Gasteiger partial charge on any atom is -0.478 e. The van der Waals surface area contributed by atoms with Crippen molar-refractivity contribution in [3.63, 3.8) is 0 Å². The Morgan fingerprint density at radius 1 is 1.33 bits per heavy atom. The first kappa shape index (κ1) is 15.3. The highest BCUT2D eigenvalue weighted by Crippen LogP contribution is 2.11. The zero-order valence-corrected chi connectivity index (χ0v) is 11.8. The highest BCUT2D eigenvalue weighted by atomic mass is 16.4. The first-order valence-electron chi connectivity index (χ1n) is 7.10. The largest absolute Gasteiger partial charge is 0.478 e. The van der Waals surface area contributed by atoms with Crippen LogP contribution in [-0.4, -0.2) is 52.9 Å². The van der Waals surface area contributed by atoms with Crippen molar-refractivity contribution in [3.8, 4) is 0 Å². The molecule has 0 radical (unpaired) electrons. The number of aromatic carboxylic acids is 1. The molecule has 1 heterocycles. The number of carboxylic acids is 1. The maximum Gasteiger partial charge on any atom is 0.335 e. The van der Waals surface area contributed by atoms with Crippen LogP contribution in [0.15, 0.2) is 24.3 Å². The number of carboxylic acid groups (broad SMARTS) is 1. The van der Waals surface area contributed by atoms with E-state index in [-0.39, 0.29) is 11.6 Å². The molecule has 6 nitrogen and oxygen atoms in total. The summed E-state index contributed by atoms with van der Waals surface area (Å²) in [6, 6.07) is 6.56. The summed E-state index contributed by atoms with van der Waals surface area (Å²) < 4.78 is 0. The molecule has 1 saturated heterocycles. The van der Waals surface area contributed by atoms with E-state index in [4.69, 9.17) is 5.11 Å². The fourth-order valence-corrected chi connectivity index (χ4v) is 2.50. The Hall–Kier alpha value is -2.08. The Balaban J connectivity index is 1.84. The molecule has 1 fully saturated rings. The van der Waals surface area contributed by atoms with Gasteiger partial charge in [-0.3, -0.25) is 0 Å². The Morgan fingerprint density at radius 3 is 2.81 bits per heavy atom. The second kappa shape index (κ2) is 7.08. The number of nitrogens with zero attached hydrogens (tertiary/aromatic N) is 1. The van der Waals surface area contributed by atoms with Gasteiger partial charge in [-0.1, -0.05) is 18.2 Å². The maximum absolute atomic E-state index is 11.9. The highest BCUT2D eigenvalue weighted by molar-refractivity contribution is 5.89. The monoisotopic (exact) mass is 292 g/mol. The van der Waals surface area contributed by atoms with Gasteiger partial charge in [-0.05, 0) is 30.9 Å². The molecule has 6 heteroatoms. The van der Waals surface area contributed by atoms with Gasteiger partial charge in [-0.2, -0.15) is 0 Å². The van der Waals surface area contributed by atoms with Gasteiger partial charge in [0.1, 0.15) is 0 Å². The highest BCUT2D eigenvalue weighted by Gasteiger charge is 2.21. The minimum atomic E-state index is -0.962. The molecule has 1 aliphatic heterocycles. The molecule has 0 spiro atoms. The van der Waals surface area contributed by atoms with Crippen LogP contribution in [0.1, 0.15) is 28.8 Å². The maximum atomic E-state index is 11.9. The molecule has 0 aromatic heterocycles. The van der Waals surface area contributed by atoms with Crippen molar-refractivity contribution in [1.29, 1.82) is 0 Å². The molecular formula is C15H20N2O4. The van der Waals surface area contributed by atoms with Crippen molar-refractivity contribution in [2.75, 3.05) is 19.6 Å². The van der Waals surface area contributed by atoms with Crippen LogP contribution >= 0.6 is 0 Å². The molecule has 1 unspecified atom stereocenters. The summed E-state index contributed by atoms with van der Waals surface area (Å²) in [6.07, 6.45) is 1.55. The van der Waals surface area contributed by atoms with Crippen molar-refractivity contribution in [2.45, 2.75) is 25.4 Å². The molecule has 1 atom stereocenters. The second-order valence-corrected chi connectivity index (χ2v) is 5.19. The SMILES string of the molecule is O=C(O)c1ccccc1CCNC(=O)N1CCCC(O)C1. The van der Waals surface area contributed by atoms with Crippen LogP contribution in [0.2, 0.25) is 0 Å². The lowest BCUT2D eigenvalue weighted by atomic mass is 10.0. The molecule has 21 heavy (non-hydrogen) atoms. The summed E-state index contributed by atoms with van der Waals surface area (Å²) in [4.78, 5) is 24.6. The van der Waals surface area contributed by atoms with Gasteiger partial charge in [-0.25, -0.2) is 9.59 Å². The number of benzene rings is 1. The van der Waals surface area contributed by atoms with E-state index in [1.807, 2.05) is 0 Å². The van der Waals surface area contributed by atoms with Crippen molar-refractivity contribution >= 4 is 12.0 Å². The molecular weight excluding hydrogens is 272 g/mol. The number of urea groups is 1. The molecule has 0 aliphatic carbocycles. The van der Waals surface area contributed by atoms with Crippen LogP contribution in [-0.2, 0) is 6.42 Å². The number of hydrogen-bond donors (Lipinski definition) is 3. The first-order chi connectivity index (χ1) is 10.1. The molecule has 1 aromatic carbocycles. The van der Waals surface area contributed by atoms with E-state index in [0.717, 1.165) is 12.8 Å². The number of likely N-dealkylation sites (tertiary alicyclic amines) is 1. The van der Waals surface area contributed by atoms with Crippen molar-refractivity contribution in [1.82, 2.24) is 10.2 Å². The number of β-amino-alcohol motifs (C(OH)–C–C–N with tert-alkyl or cyclic N) is 1. The summed E-state index contributed by atoms with van der Waals surface area (Å²) in [5, 5.41) is 21.4. The summed E-state index contributed by atoms with van der Waals surface area (Å²) in [7, 11) is 0. The van der Waals surface area contributed by atoms with E-state index >= 15 is 0 Å². The summed E-state index contributed by atoms with van der Waals surface area (Å²) in [5.41, 5.74) is 0.962. The van der Waals surface area contributed by atoms with Gasteiger partial charge >= 0.3 is 12.0 Å².